The first-order chi connectivity index (χ1) is 13.6. The van der Waals surface area contributed by atoms with Gasteiger partial charge in [-0.05, 0) is 49.6 Å². The molecule has 0 bridgehead atoms. The molecule has 2 heterocycles. The molecule has 1 aromatic carbocycles. The van der Waals surface area contributed by atoms with Gasteiger partial charge in [0.2, 0.25) is 0 Å². The number of fused-ring (bicyclic) bond motifs is 1. The predicted octanol–water partition coefficient (Wildman–Crippen LogP) is 4.89. The Hall–Kier alpha value is -3.29. The van der Waals surface area contributed by atoms with Crippen LogP contribution in [0.1, 0.15) is 45.2 Å². The number of carbonyl (C=O) groups excluding carboxylic acids is 2. The summed E-state index contributed by atoms with van der Waals surface area (Å²) in [6.45, 7) is 3.11. The monoisotopic (exact) mass is 401 g/mol. The van der Waals surface area contributed by atoms with E-state index in [4.69, 9.17) is 0 Å². The van der Waals surface area contributed by atoms with Crippen molar-refractivity contribution in [3.8, 4) is 0 Å². The maximum atomic E-state index is 12.6. The van der Waals surface area contributed by atoms with Gasteiger partial charge < -0.3 is 5.32 Å². The van der Waals surface area contributed by atoms with Crippen molar-refractivity contribution in [2.45, 2.75) is 32.9 Å². The summed E-state index contributed by atoms with van der Waals surface area (Å²) in [6, 6.07) is 7.89. The molecule has 1 amide bonds. The van der Waals surface area contributed by atoms with Crippen LogP contribution in [0.2, 0.25) is 0 Å². The summed E-state index contributed by atoms with van der Waals surface area (Å²) in [6.07, 6.45) is -2.35. The fraction of sp³-hybridized carbons (Fsp3) is 0.238. The van der Waals surface area contributed by atoms with Crippen molar-refractivity contribution >= 4 is 28.4 Å². The quantitative estimate of drug-likeness (QED) is 0.618. The maximum Gasteiger partial charge on any atom is 0.389 e. The smallest absolute Gasteiger partial charge is 0.321 e. The molecular formula is C21H18F3N3O2. The van der Waals surface area contributed by atoms with Gasteiger partial charge in [-0.25, -0.2) is 0 Å². The molecule has 0 radical (unpaired) electrons. The minimum Gasteiger partial charge on any atom is -0.321 e. The van der Waals surface area contributed by atoms with Crippen molar-refractivity contribution in [1.82, 2.24) is 9.97 Å². The number of hydrogen-bond acceptors (Lipinski definition) is 4. The van der Waals surface area contributed by atoms with Crippen LogP contribution in [0.5, 0.6) is 0 Å². The minimum atomic E-state index is -4.22. The number of alkyl halides is 3. The van der Waals surface area contributed by atoms with Gasteiger partial charge in [-0.15, -0.1) is 0 Å². The lowest BCUT2D eigenvalue weighted by Crippen LogP contribution is -2.14. The molecule has 1 N–H and O–H groups in total. The maximum absolute atomic E-state index is 12.6. The van der Waals surface area contributed by atoms with Gasteiger partial charge in [0, 0.05) is 23.7 Å². The van der Waals surface area contributed by atoms with E-state index in [2.05, 4.69) is 15.3 Å². The lowest BCUT2D eigenvalue weighted by Gasteiger charge is -2.11. The van der Waals surface area contributed by atoms with Gasteiger partial charge in [0.05, 0.1) is 22.9 Å². The zero-order valence-corrected chi connectivity index (χ0v) is 15.8. The number of nitrogens with zero attached hydrogens (tertiary/aromatic N) is 2. The normalized spacial score (nSPS) is 11.5. The highest BCUT2D eigenvalue weighted by Crippen LogP contribution is 2.23. The first-order valence-corrected chi connectivity index (χ1v) is 8.87. The molecule has 0 atom stereocenters. The second-order valence-electron chi connectivity index (χ2n) is 6.76. The van der Waals surface area contributed by atoms with Gasteiger partial charge in [0.25, 0.3) is 5.91 Å². The number of ketones is 1. The Morgan fingerprint density at radius 2 is 1.72 bits per heavy atom. The number of anilines is 1. The SMILES string of the molecule is CC(=O)c1cnc2cc(NC(=O)c3ccc(CCC(F)(F)F)cc3C)cnc2c1. The number of amides is 1. The molecule has 0 unspecified atom stereocenters. The molecule has 0 saturated carbocycles. The molecular weight excluding hydrogens is 383 g/mol. The van der Waals surface area contributed by atoms with E-state index in [1.54, 1.807) is 25.1 Å². The van der Waals surface area contributed by atoms with Crippen LogP contribution in [0.25, 0.3) is 11.0 Å². The third-order valence-corrected chi connectivity index (χ3v) is 4.43. The predicted molar refractivity (Wildman–Crippen MR) is 103 cm³/mol. The first kappa shape index (κ1) is 20.4. The topological polar surface area (TPSA) is 72.0 Å². The summed E-state index contributed by atoms with van der Waals surface area (Å²) >= 11 is 0. The standard InChI is InChI=1S/C21H18F3N3O2/c1-12-7-14(5-6-21(22,23)24)3-4-17(12)20(29)27-16-9-19-18(26-11-16)8-15(10-25-19)13(2)28/h3-4,7-11H,5-6H2,1-2H3,(H,27,29). The highest BCUT2D eigenvalue weighted by Gasteiger charge is 2.26. The molecule has 0 aliphatic rings. The second-order valence-corrected chi connectivity index (χ2v) is 6.76. The summed E-state index contributed by atoms with van der Waals surface area (Å²) in [4.78, 5) is 32.4. The molecule has 0 fully saturated rings. The largest absolute Gasteiger partial charge is 0.389 e. The van der Waals surface area contributed by atoms with Crippen molar-refractivity contribution in [1.29, 1.82) is 0 Å². The number of Topliss-reactive ketones (excluding diaryl/α,β-unsaturated/α-hetero) is 1. The van der Waals surface area contributed by atoms with Gasteiger partial charge in [-0.3, -0.25) is 19.6 Å². The summed E-state index contributed by atoms with van der Waals surface area (Å²) in [5.74, 6) is -0.515. The number of nitrogens with one attached hydrogen (secondary N) is 1. The van der Waals surface area contributed by atoms with Gasteiger partial charge in [-0.1, -0.05) is 12.1 Å². The highest BCUT2D eigenvalue weighted by molar-refractivity contribution is 6.06. The second kappa shape index (κ2) is 7.98. The molecule has 0 saturated heterocycles. The molecule has 3 aromatic rings. The van der Waals surface area contributed by atoms with E-state index in [0.29, 0.717) is 39.0 Å². The average molecular weight is 401 g/mol. The lowest BCUT2D eigenvalue weighted by molar-refractivity contribution is -0.134. The van der Waals surface area contributed by atoms with Crippen LogP contribution < -0.4 is 5.32 Å². The Morgan fingerprint density at radius 3 is 2.38 bits per heavy atom. The number of rotatable bonds is 5. The van der Waals surface area contributed by atoms with Gasteiger partial charge in [0.1, 0.15) is 0 Å². The Bertz CT molecular complexity index is 1090. The van der Waals surface area contributed by atoms with Gasteiger partial charge in [0.15, 0.2) is 5.78 Å². The van der Waals surface area contributed by atoms with E-state index in [1.807, 2.05) is 0 Å². The van der Waals surface area contributed by atoms with E-state index < -0.39 is 18.5 Å². The number of hydrogen-bond donors (Lipinski definition) is 1. The zero-order valence-electron chi connectivity index (χ0n) is 15.8. The summed E-state index contributed by atoms with van der Waals surface area (Å²) in [7, 11) is 0. The molecule has 29 heavy (non-hydrogen) atoms. The Balaban J connectivity index is 1.75. The van der Waals surface area contributed by atoms with Crippen molar-refractivity contribution in [3.63, 3.8) is 0 Å². The van der Waals surface area contributed by atoms with Crippen molar-refractivity contribution in [3.05, 3.63) is 65.0 Å². The van der Waals surface area contributed by atoms with Crippen molar-refractivity contribution in [2.24, 2.45) is 0 Å². The van der Waals surface area contributed by atoms with E-state index in [1.165, 1.54) is 31.5 Å². The average Bonchev–Trinajstić information content (AvgIpc) is 2.65. The fourth-order valence-corrected chi connectivity index (χ4v) is 2.88. The zero-order chi connectivity index (χ0) is 21.2. The molecule has 8 heteroatoms. The molecule has 0 spiro atoms. The number of aromatic nitrogens is 2. The third-order valence-electron chi connectivity index (χ3n) is 4.43. The van der Waals surface area contributed by atoms with Crippen LogP contribution in [0.15, 0.2) is 42.7 Å². The fourth-order valence-electron chi connectivity index (χ4n) is 2.88. The van der Waals surface area contributed by atoms with Gasteiger partial charge >= 0.3 is 6.18 Å². The molecule has 5 nitrogen and oxygen atoms in total. The Kier molecular flexibility index (Phi) is 5.63. The van der Waals surface area contributed by atoms with E-state index >= 15 is 0 Å². The molecule has 3 rings (SSSR count). The highest BCUT2D eigenvalue weighted by atomic mass is 19.4. The Morgan fingerprint density at radius 1 is 1.03 bits per heavy atom. The van der Waals surface area contributed by atoms with Crippen LogP contribution in [0.4, 0.5) is 18.9 Å². The van der Waals surface area contributed by atoms with Crippen molar-refractivity contribution < 1.29 is 22.8 Å². The molecule has 0 aliphatic heterocycles. The number of benzene rings is 1. The summed E-state index contributed by atoms with van der Waals surface area (Å²) in [5.41, 5.74) is 3.39. The first-order valence-electron chi connectivity index (χ1n) is 8.87. The molecule has 0 aliphatic carbocycles. The van der Waals surface area contributed by atoms with E-state index in [-0.39, 0.29) is 12.2 Å². The minimum absolute atomic E-state index is 0.118. The molecule has 2 aromatic heterocycles. The van der Waals surface area contributed by atoms with E-state index in [0.717, 1.165) is 0 Å². The Labute approximate surface area is 165 Å². The lowest BCUT2D eigenvalue weighted by atomic mass is 10.0. The van der Waals surface area contributed by atoms with Crippen molar-refractivity contribution in [2.75, 3.05) is 5.32 Å². The van der Waals surface area contributed by atoms with Crippen LogP contribution >= 0.6 is 0 Å². The number of pyridine rings is 2. The number of aryl methyl sites for hydroxylation is 2. The van der Waals surface area contributed by atoms with Crippen LogP contribution in [-0.4, -0.2) is 27.8 Å². The van der Waals surface area contributed by atoms with E-state index in [9.17, 15) is 22.8 Å². The van der Waals surface area contributed by atoms with Crippen LogP contribution in [0, 0.1) is 6.92 Å². The van der Waals surface area contributed by atoms with Crippen LogP contribution in [-0.2, 0) is 6.42 Å². The number of halogens is 3. The van der Waals surface area contributed by atoms with Gasteiger partial charge in [-0.2, -0.15) is 13.2 Å². The number of carbonyl (C=O) groups is 2. The summed E-state index contributed by atoms with van der Waals surface area (Å²) < 4.78 is 37.1. The molecule has 150 valence electrons. The van der Waals surface area contributed by atoms with Crippen LogP contribution in [0.3, 0.4) is 0 Å². The third kappa shape index (κ3) is 5.16. The summed E-state index contributed by atoms with van der Waals surface area (Å²) in [5, 5.41) is 2.72.